The molecule has 1 aliphatic heterocycles. The maximum Gasteiger partial charge on any atom is 0.323 e. The lowest BCUT2D eigenvalue weighted by Gasteiger charge is -2.10. The minimum absolute atomic E-state index is 0.0645. The number of amides is 3. The molecule has 31 heavy (non-hydrogen) atoms. The molecule has 0 aliphatic carbocycles. The van der Waals surface area contributed by atoms with E-state index in [2.05, 4.69) is 5.32 Å². The van der Waals surface area contributed by atoms with Crippen LogP contribution in [-0.4, -0.2) is 46.2 Å². The number of hydrogen-bond donors (Lipinski definition) is 2. The van der Waals surface area contributed by atoms with Gasteiger partial charge in [0.25, 0.3) is 17.1 Å². The van der Waals surface area contributed by atoms with Crippen molar-refractivity contribution in [3.05, 3.63) is 63.8 Å². The highest BCUT2D eigenvalue weighted by Crippen LogP contribution is 2.33. The Hall–Kier alpha value is -3.37. The Morgan fingerprint density at radius 1 is 1.19 bits per heavy atom. The third-order valence-electron chi connectivity index (χ3n) is 3.91. The van der Waals surface area contributed by atoms with E-state index in [1.54, 1.807) is 6.07 Å². The largest absolute Gasteiger partial charge is 0.482 e. The van der Waals surface area contributed by atoms with Crippen molar-refractivity contribution in [3.63, 3.8) is 0 Å². The highest BCUT2D eigenvalue weighted by atomic mass is 35.5. The van der Waals surface area contributed by atoms with Gasteiger partial charge in [0.05, 0.1) is 9.93 Å². The topological polar surface area (TPSA) is 113 Å². The van der Waals surface area contributed by atoms with Gasteiger partial charge in [0, 0.05) is 5.69 Å². The molecule has 11 heteroatoms. The van der Waals surface area contributed by atoms with E-state index < -0.39 is 35.4 Å². The van der Waals surface area contributed by atoms with Gasteiger partial charge in [-0.25, -0.2) is 4.39 Å². The van der Waals surface area contributed by atoms with E-state index in [0.29, 0.717) is 27.9 Å². The molecule has 2 aromatic rings. The number of imide groups is 1. The number of hydrogen-bond acceptors (Lipinski definition) is 6. The standard InChI is InChI=1S/C20H14ClFN2O6S/c21-14-7-11(8-16-19(28)24(9-18(26)27)20(29)31-16)1-6-15(14)30-10-17(25)23-13-4-2-12(22)3-5-13/h1-8H,9-10H2,(H,23,25)(H,26,27)/b16-8+. The molecule has 0 bridgehead atoms. The summed E-state index contributed by atoms with van der Waals surface area (Å²) in [6.07, 6.45) is 1.41. The zero-order chi connectivity index (χ0) is 22.5. The lowest BCUT2D eigenvalue weighted by Crippen LogP contribution is -2.33. The smallest absolute Gasteiger partial charge is 0.323 e. The Bertz CT molecular complexity index is 1090. The molecule has 8 nitrogen and oxygen atoms in total. The molecular formula is C20H14ClFN2O6S. The monoisotopic (exact) mass is 464 g/mol. The fourth-order valence-electron chi connectivity index (χ4n) is 2.52. The van der Waals surface area contributed by atoms with Gasteiger partial charge in [0.2, 0.25) is 0 Å². The van der Waals surface area contributed by atoms with Crippen molar-refractivity contribution in [2.45, 2.75) is 0 Å². The van der Waals surface area contributed by atoms with Gasteiger partial charge in [0.15, 0.2) is 6.61 Å². The van der Waals surface area contributed by atoms with Gasteiger partial charge >= 0.3 is 5.97 Å². The second-order valence-corrected chi connectivity index (χ2v) is 7.60. The van der Waals surface area contributed by atoms with E-state index in [1.165, 1.54) is 42.5 Å². The van der Waals surface area contributed by atoms with E-state index in [1.807, 2.05) is 0 Å². The highest BCUT2D eigenvalue weighted by Gasteiger charge is 2.36. The molecular weight excluding hydrogens is 451 g/mol. The van der Waals surface area contributed by atoms with Crippen LogP contribution in [0.25, 0.3) is 6.08 Å². The number of carbonyl (C=O) groups excluding carboxylic acids is 3. The second-order valence-electron chi connectivity index (χ2n) is 6.20. The predicted molar refractivity (Wildman–Crippen MR) is 112 cm³/mol. The predicted octanol–water partition coefficient (Wildman–Crippen LogP) is 3.62. The summed E-state index contributed by atoms with van der Waals surface area (Å²) in [5, 5.41) is 10.8. The molecule has 3 amide bonds. The van der Waals surface area contributed by atoms with Gasteiger partial charge in [-0.15, -0.1) is 0 Å². The van der Waals surface area contributed by atoms with E-state index >= 15 is 0 Å². The van der Waals surface area contributed by atoms with Gasteiger partial charge in [0.1, 0.15) is 18.1 Å². The number of ether oxygens (including phenoxy) is 1. The number of nitrogens with zero attached hydrogens (tertiary/aromatic N) is 1. The Morgan fingerprint density at radius 2 is 1.90 bits per heavy atom. The van der Waals surface area contributed by atoms with Crippen molar-refractivity contribution in [3.8, 4) is 5.75 Å². The van der Waals surface area contributed by atoms with Crippen molar-refractivity contribution in [1.82, 2.24) is 4.90 Å². The minimum atomic E-state index is -1.29. The Morgan fingerprint density at radius 3 is 2.55 bits per heavy atom. The average molecular weight is 465 g/mol. The van der Waals surface area contributed by atoms with Crippen molar-refractivity contribution < 1.29 is 33.4 Å². The number of carbonyl (C=O) groups is 4. The SMILES string of the molecule is O=C(O)CN1C(=O)S/C(=C/c2ccc(OCC(=O)Nc3ccc(F)cc3)c(Cl)c2)C1=O. The first kappa shape index (κ1) is 22.3. The average Bonchev–Trinajstić information content (AvgIpc) is 2.96. The summed E-state index contributed by atoms with van der Waals surface area (Å²) in [4.78, 5) is 47.4. The number of anilines is 1. The number of carboxylic acids is 1. The third-order valence-corrected chi connectivity index (χ3v) is 5.11. The van der Waals surface area contributed by atoms with Gasteiger partial charge < -0.3 is 15.2 Å². The van der Waals surface area contributed by atoms with Crippen LogP contribution in [0.15, 0.2) is 47.4 Å². The van der Waals surface area contributed by atoms with Gasteiger partial charge in [-0.05, 0) is 59.8 Å². The van der Waals surface area contributed by atoms with Gasteiger partial charge in [-0.1, -0.05) is 17.7 Å². The van der Waals surface area contributed by atoms with E-state index in [9.17, 15) is 23.6 Å². The van der Waals surface area contributed by atoms with Crippen LogP contribution in [0, 0.1) is 5.82 Å². The number of nitrogens with one attached hydrogen (secondary N) is 1. The number of thioether (sulfide) groups is 1. The van der Waals surface area contributed by atoms with Crippen molar-refractivity contribution in [2.24, 2.45) is 0 Å². The number of aliphatic carboxylic acids is 1. The fraction of sp³-hybridized carbons (Fsp3) is 0.100. The third kappa shape index (κ3) is 5.83. The molecule has 0 spiro atoms. The van der Waals surface area contributed by atoms with Crippen LogP contribution >= 0.6 is 23.4 Å². The van der Waals surface area contributed by atoms with Crippen molar-refractivity contribution in [2.75, 3.05) is 18.5 Å². The molecule has 1 saturated heterocycles. The van der Waals surface area contributed by atoms with Crippen LogP contribution in [0.4, 0.5) is 14.9 Å². The van der Waals surface area contributed by atoms with Crippen LogP contribution in [0.5, 0.6) is 5.75 Å². The molecule has 0 saturated carbocycles. The Kier molecular flexibility index (Phi) is 6.93. The Balaban J connectivity index is 1.62. The number of carboxylic acid groups (broad SMARTS) is 1. The first-order valence-corrected chi connectivity index (χ1v) is 9.87. The molecule has 1 aliphatic rings. The van der Waals surface area contributed by atoms with Gasteiger partial charge in [-0.3, -0.25) is 24.1 Å². The summed E-state index contributed by atoms with van der Waals surface area (Å²) in [6, 6.07) is 9.76. The normalized spacial score (nSPS) is 14.8. The van der Waals surface area contributed by atoms with Crippen LogP contribution in [-0.2, 0) is 14.4 Å². The summed E-state index contributed by atoms with van der Waals surface area (Å²) in [7, 11) is 0. The quantitative estimate of drug-likeness (QED) is 0.601. The van der Waals surface area contributed by atoms with E-state index in [4.69, 9.17) is 21.4 Å². The number of benzene rings is 2. The number of halogens is 2. The fourth-order valence-corrected chi connectivity index (χ4v) is 3.60. The number of rotatable bonds is 7. The summed E-state index contributed by atoms with van der Waals surface area (Å²) < 4.78 is 18.3. The molecule has 2 N–H and O–H groups in total. The molecule has 0 aromatic heterocycles. The molecule has 0 unspecified atom stereocenters. The summed E-state index contributed by atoms with van der Waals surface area (Å²) in [5.41, 5.74) is 0.891. The summed E-state index contributed by atoms with van der Waals surface area (Å²) in [5.74, 6) is -2.68. The van der Waals surface area contributed by atoms with Crippen LogP contribution in [0.1, 0.15) is 5.56 Å². The van der Waals surface area contributed by atoms with Crippen LogP contribution < -0.4 is 10.1 Å². The minimum Gasteiger partial charge on any atom is -0.482 e. The molecule has 1 fully saturated rings. The van der Waals surface area contributed by atoms with E-state index in [0.717, 1.165) is 0 Å². The lowest BCUT2D eigenvalue weighted by molar-refractivity contribution is -0.140. The van der Waals surface area contributed by atoms with Crippen LogP contribution in [0.3, 0.4) is 0 Å². The lowest BCUT2D eigenvalue weighted by atomic mass is 10.2. The molecule has 1 heterocycles. The molecule has 0 radical (unpaired) electrons. The van der Waals surface area contributed by atoms with E-state index in [-0.39, 0.29) is 22.3 Å². The molecule has 0 atom stereocenters. The summed E-state index contributed by atoms with van der Waals surface area (Å²) in [6.45, 7) is -1.06. The molecule has 2 aromatic carbocycles. The first-order valence-electron chi connectivity index (χ1n) is 8.68. The zero-order valence-corrected chi connectivity index (χ0v) is 17.2. The van der Waals surface area contributed by atoms with Gasteiger partial charge in [-0.2, -0.15) is 0 Å². The molecule has 160 valence electrons. The maximum absolute atomic E-state index is 12.9. The van der Waals surface area contributed by atoms with Crippen molar-refractivity contribution >= 4 is 58.1 Å². The molecule has 3 rings (SSSR count). The second kappa shape index (κ2) is 9.63. The first-order chi connectivity index (χ1) is 14.7. The highest BCUT2D eigenvalue weighted by molar-refractivity contribution is 8.18. The summed E-state index contributed by atoms with van der Waals surface area (Å²) >= 11 is 6.79. The van der Waals surface area contributed by atoms with Crippen LogP contribution in [0.2, 0.25) is 5.02 Å². The maximum atomic E-state index is 12.9. The Labute approximate surface area is 184 Å². The van der Waals surface area contributed by atoms with Crippen molar-refractivity contribution in [1.29, 1.82) is 0 Å². The zero-order valence-electron chi connectivity index (χ0n) is 15.6.